The van der Waals surface area contributed by atoms with Gasteiger partial charge in [0.05, 0.1) is 74.2 Å². The van der Waals surface area contributed by atoms with Gasteiger partial charge in [-0.2, -0.15) is 0 Å². The molecule has 62 heavy (non-hydrogen) atoms. The van der Waals surface area contributed by atoms with E-state index in [1.807, 2.05) is 67.6 Å². The van der Waals surface area contributed by atoms with E-state index in [-0.39, 0.29) is 55.5 Å². The molecule has 17 heteroatoms. The first-order chi connectivity index (χ1) is 30.2. The predicted octanol–water partition coefficient (Wildman–Crippen LogP) is 4.22. The Kier molecular flexibility index (Phi) is 13.3. The van der Waals surface area contributed by atoms with E-state index in [2.05, 4.69) is 27.3 Å². The third kappa shape index (κ3) is 9.41. The number of benzene rings is 3. The lowest BCUT2D eigenvalue weighted by molar-refractivity contribution is -0.135. The number of pyridine rings is 1. The molecule has 8 rings (SSSR count). The summed E-state index contributed by atoms with van der Waals surface area (Å²) in [5, 5.41) is 13.8. The van der Waals surface area contributed by atoms with Crippen molar-refractivity contribution in [2.24, 2.45) is 7.05 Å². The number of nitrogens with zero attached hydrogens (tertiary/aromatic N) is 3. The van der Waals surface area contributed by atoms with Crippen LogP contribution in [0.4, 0.5) is 5.69 Å². The first-order valence-corrected chi connectivity index (χ1v) is 21.6. The molecule has 0 saturated carbocycles. The summed E-state index contributed by atoms with van der Waals surface area (Å²) in [7, 11) is 1.68. The van der Waals surface area contributed by atoms with Gasteiger partial charge in [-0.15, -0.1) is 11.3 Å². The maximum absolute atomic E-state index is 13.1. The molecule has 0 aliphatic carbocycles. The number of imidazole rings is 1. The second kappa shape index (κ2) is 19.4. The van der Waals surface area contributed by atoms with E-state index in [4.69, 9.17) is 23.9 Å². The van der Waals surface area contributed by atoms with Crippen molar-refractivity contribution in [1.29, 1.82) is 0 Å². The number of rotatable bonds is 18. The minimum atomic E-state index is -0.730. The van der Waals surface area contributed by atoms with Crippen LogP contribution < -0.4 is 27.0 Å². The molecule has 0 bridgehead atoms. The van der Waals surface area contributed by atoms with E-state index in [9.17, 15) is 24.0 Å². The summed E-state index contributed by atoms with van der Waals surface area (Å²) < 4.78 is 26.5. The van der Waals surface area contributed by atoms with Crippen LogP contribution >= 0.6 is 11.3 Å². The number of imide groups is 1. The minimum absolute atomic E-state index is 0.0334. The van der Waals surface area contributed by atoms with Crippen molar-refractivity contribution in [3.8, 4) is 11.3 Å². The molecule has 1 saturated heterocycles. The Labute approximate surface area is 360 Å². The number of amides is 4. The summed E-state index contributed by atoms with van der Waals surface area (Å²) in [4.78, 5) is 68.3. The average molecular weight is 864 g/mol. The Balaban J connectivity index is 0.700. The molecule has 4 amide bonds. The molecule has 2 aliphatic heterocycles. The molecule has 3 aromatic carbocycles. The smallest absolute Gasteiger partial charge is 0.329 e. The normalized spacial score (nSPS) is 16.6. The van der Waals surface area contributed by atoms with Gasteiger partial charge in [0, 0.05) is 53.6 Å². The Morgan fingerprint density at radius 3 is 2.45 bits per heavy atom. The monoisotopic (exact) mass is 863 g/mol. The fraction of sp³-hybridized carbons (Fsp3) is 0.378. The Morgan fingerprint density at radius 2 is 1.66 bits per heavy atom. The standard InChI is InChI=1S/C45H49N7O9S/c1-27-24-47-40-39-31-9-10-32(49-33(31)11-13-36(39)62-42(40)44(56)48-27)30-7-3-5-28(23-30)25-46-38(54)26-61-22-21-60-20-19-59-18-17-58-16-15-29-6-4-8-34-41(29)51(2)45(57)52(34)35-12-14-37(53)50-43(35)55/h3-11,13,23,27,35,47H,12,14-22,24-26H2,1-2H3,(H,46,54)(H,48,56)(H,50,53,55)/t27-,35?/m1/s1. The van der Waals surface area contributed by atoms with E-state index >= 15 is 0 Å². The summed E-state index contributed by atoms with van der Waals surface area (Å²) in [6, 6.07) is 20.9. The fourth-order valence-electron chi connectivity index (χ4n) is 7.94. The van der Waals surface area contributed by atoms with E-state index < -0.39 is 11.9 Å². The summed E-state index contributed by atoms with van der Waals surface area (Å²) in [6.45, 7) is 5.40. The molecule has 3 aromatic heterocycles. The molecule has 6 aromatic rings. The zero-order valence-corrected chi connectivity index (χ0v) is 35.4. The van der Waals surface area contributed by atoms with Gasteiger partial charge in [0.1, 0.15) is 17.5 Å². The summed E-state index contributed by atoms with van der Waals surface area (Å²) in [6.07, 6.45) is 1.03. The van der Waals surface area contributed by atoms with Crippen molar-refractivity contribution >= 4 is 72.7 Å². The molecule has 4 N–H and O–H groups in total. The zero-order valence-electron chi connectivity index (χ0n) is 34.6. The van der Waals surface area contributed by atoms with Crippen molar-refractivity contribution in [1.82, 2.24) is 30.1 Å². The van der Waals surface area contributed by atoms with Crippen LogP contribution in [-0.2, 0) is 53.3 Å². The molecule has 0 radical (unpaired) electrons. The van der Waals surface area contributed by atoms with Crippen LogP contribution in [0.2, 0.25) is 0 Å². The van der Waals surface area contributed by atoms with Crippen LogP contribution in [0.15, 0.2) is 71.5 Å². The summed E-state index contributed by atoms with van der Waals surface area (Å²) in [5.41, 5.74) is 6.39. The number of anilines is 1. The van der Waals surface area contributed by atoms with Gasteiger partial charge in [0.2, 0.25) is 17.7 Å². The number of thiophene rings is 1. The number of hydrogen-bond acceptors (Lipinski definition) is 12. The number of aryl methyl sites for hydroxylation is 1. The van der Waals surface area contributed by atoms with Crippen molar-refractivity contribution in [2.75, 3.05) is 64.7 Å². The third-order valence-corrected chi connectivity index (χ3v) is 12.1. The molecule has 2 aliphatic rings. The quantitative estimate of drug-likeness (QED) is 0.0715. The minimum Gasteiger partial charge on any atom is -0.381 e. The lowest BCUT2D eigenvalue weighted by Crippen LogP contribution is -2.44. The Hall–Kier alpha value is -5.98. The van der Waals surface area contributed by atoms with Gasteiger partial charge in [0.25, 0.3) is 5.91 Å². The molecular formula is C45H49N7O9S. The summed E-state index contributed by atoms with van der Waals surface area (Å²) >= 11 is 1.49. The van der Waals surface area contributed by atoms with E-state index in [1.54, 1.807) is 11.6 Å². The average Bonchev–Trinajstić information content (AvgIpc) is 3.73. The molecule has 0 spiro atoms. The highest BCUT2D eigenvalue weighted by molar-refractivity contribution is 7.21. The number of carbonyl (C=O) groups is 4. The molecular weight excluding hydrogens is 815 g/mol. The van der Waals surface area contributed by atoms with Crippen molar-refractivity contribution in [3.63, 3.8) is 0 Å². The molecule has 16 nitrogen and oxygen atoms in total. The maximum atomic E-state index is 13.1. The molecule has 324 valence electrons. The van der Waals surface area contributed by atoms with Crippen LogP contribution in [0.1, 0.15) is 46.6 Å². The maximum Gasteiger partial charge on any atom is 0.329 e. The van der Waals surface area contributed by atoms with E-state index in [1.165, 1.54) is 15.9 Å². The van der Waals surface area contributed by atoms with Crippen LogP contribution in [0, 0.1) is 0 Å². The van der Waals surface area contributed by atoms with Crippen LogP contribution in [0.5, 0.6) is 0 Å². The number of carbonyl (C=O) groups excluding carboxylic acids is 4. The highest BCUT2D eigenvalue weighted by atomic mass is 32.1. The van der Waals surface area contributed by atoms with Crippen LogP contribution in [-0.4, -0.2) is 103 Å². The number of nitrogens with one attached hydrogen (secondary N) is 4. The molecule has 1 unspecified atom stereocenters. The second-order valence-electron chi connectivity index (χ2n) is 15.3. The number of aromatic nitrogens is 3. The number of hydrogen-bond donors (Lipinski definition) is 4. The van der Waals surface area contributed by atoms with Crippen LogP contribution in [0.25, 0.3) is 43.3 Å². The van der Waals surface area contributed by atoms with Gasteiger partial charge in [-0.25, -0.2) is 9.78 Å². The molecule has 1 fully saturated rings. The third-order valence-electron chi connectivity index (χ3n) is 11.0. The zero-order chi connectivity index (χ0) is 43.2. The first kappa shape index (κ1) is 42.7. The topological polar surface area (TPSA) is 193 Å². The first-order valence-electron chi connectivity index (χ1n) is 20.8. The lowest BCUT2D eigenvalue weighted by Gasteiger charge is -2.21. The van der Waals surface area contributed by atoms with Crippen molar-refractivity contribution < 1.29 is 38.1 Å². The fourth-order valence-corrected chi connectivity index (χ4v) is 9.03. The molecule has 5 heterocycles. The van der Waals surface area contributed by atoms with Gasteiger partial charge >= 0.3 is 5.69 Å². The predicted molar refractivity (Wildman–Crippen MR) is 235 cm³/mol. The lowest BCUT2D eigenvalue weighted by atomic mass is 10.0. The Morgan fingerprint density at radius 1 is 0.903 bits per heavy atom. The number of para-hydroxylation sites is 1. The van der Waals surface area contributed by atoms with E-state index in [0.717, 1.165) is 54.6 Å². The SMILES string of the molecule is C[C@@H]1CNc2c(sc3ccc4nc(-c5cccc(CNC(=O)COCCOCCOCCOCCc6cccc7c6n(C)c(=O)n7C6CCC(=O)NC6=O)c5)ccc4c23)C(=O)N1. The van der Waals surface area contributed by atoms with Crippen LogP contribution in [0.3, 0.4) is 0 Å². The highest BCUT2D eigenvalue weighted by Crippen LogP contribution is 2.41. The number of piperidine rings is 1. The van der Waals surface area contributed by atoms with Gasteiger partial charge in [-0.3, -0.25) is 33.6 Å². The van der Waals surface area contributed by atoms with E-state index in [0.29, 0.717) is 69.5 Å². The highest BCUT2D eigenvalue weighted by Gasteiger charge is 2.31. The Bertz CT molecular complexity index is 2710. The van der Waals surface area contributed by atoms with Gasteiger partial charge in [-0.1, -0.05) is 30.3 Å². The number of ether oxygens (including phenoxy) is 4. The molecule has 2 atom stereocenters. The van der Waals surface area contributed by atoms with Gasteiger partial charge in [-0.05, 0) is 67.3 Å². The van der Waals surface area contributed by atoms with Crippen molar-refractivity contribution in [3.05, 3.63) is 93.2 Å². The van der Waals surface area contributed by atoms with Gasteiger partial charge in [0.15, 0.2) is 0 Å². The largest absolute Gasteiger partial charge is 0.381 e. The van der Waals surface area contributed by atoms with Gasteiger partial charge < -0.3 is 34.9 Å². The van der Waals surface area contributed by atoms with Crippen molar-refractivity contribution in [2.45, 2.75) is 44.8 Å². The second-order valence-corrected chi connectivity index (χ2v) is 16.4. The number of fused-ring (bicyclic) bond motifs is 6. The summed E-state index contributed by atoms with van der Waals surface area (Å²) in [5.74, 6) is -1.07.